The van der Waals surface area contributed by atoms with Crippen molar-refractivity contribution in [3.8, 4) is 0 Å². The van der Waals surface area contributed by atoms with Gasteiger partial charge in [0.15, 0.2) is 5.69 Å². The summed E-state index contributed by atoms with van der Waals surface area (Å²) in [5.41, 5.74) is -0.119. The lowest BCUT2D eigenvalue weighted by Gasteiger charge is -2.28. The van der Waals surface area contributed by atoms with Gasteiger partial charge in [-0.2, -0.15) is 0 Å². The van der Waals surface area contributed by atoms with Crippen LogP contribution in [-0.4, -0.2) is 45.3 Å². The minimum atomic E-state index is -1.07. The van der Waals surface area contributed by atoms with Crippen molar-refractivity contribution in [2.75, 3.05) is 18.5 Å². The molecule has 0 saturated heterocycles. The molecule has 0 radical (unpaired) electrons. The predicted molar refractivity (Wildman–Crippen MR) is 70.4 cm³/mol. The number of aryl methyl sites for hydroxylation is 1. The molecule has 1 aliphatic carbocycles. The maximum Gasteiger partial charge on any atom is 0.354 e. The molecule has 6 nitrogen and oxygen atoms in total. The van der Waals surface area contributed by atoms with E-state index in [1.807, 2.05) is 0 Å². The fraction of sp³-hybridized carbons (Fsp3) is 0.615. The molecule has 0 unspecified atom stereocenters. The van der Waals surface area contributed by atoms with Gasteiger partial charge >= 0.3 is 5.97 Å². The fourth-order valence-electron chi connectivity index (χ4n) is 2.54. The van der Waals surface area contributed by atoms with Crippen molar-refractivity contribution in [2.24, 2.45) is 0 Å². The van der Waals surface area contributed by atoms with E-state index in [9.17, 15) is 9.90 Å². The highest BCUT2D eigenvalue weighted by Gasteiger charge is 2.33. The van der Waals surface area contributed by atoms with Crippen molar-refractivity contribution < 1.29 is 15.0 Å². The number of likely N-dealkylation sites (N-methyl/N-ethyl adjacent to an activating group) is 1. The van der Waals surface area contributed by atoms with E-state index in [1.165, 1.54) is 6.07 Å². The molecule has 0 spiro atoms. The van der Waals surface area contributed by atoms with Crippen LogP contribution in [0.5, 0.6) is 0 Å². The molecule has 1 heterocycles. The highest BCUT2D eigenvalue weighted by atomic mass is 16.4. The summed E-state index contributed by atoms with van der Waals surface area (Å²) in [4.78, 5) is 20.9. The Kier molecular flexibility index (Phi) is 3.71. The van der Waals surface area contributed by atoms with Crippen molar-refractivity contribution in [1.29, 1.82) is 0 Å². The number of aromatic carboxylic acids is 1. The Bertz CT molecular complexity index is 484. The molecule has 6 heteroatoms. The van der Waals surface area contributed by atoms with Crippen LogP contribution in [0.2, 0.25) is 0 Å². The summed E-state index contributed by atoms with van der Waals surface area (Å²) in [5, 5.41) is 19.3. The Morgan fingerprint density at radius 1 is 1.42 bits per heavy atom. The number of carbonyl (C=O) groups is 1. The number of carboxylic acids is 1. The van der Waals surface area contributed by atoms with Gasteiger partial charge in [-0.25, -0.2) is 14.8 Å². The van der Waals surface area contributed by atoms with Gasteiger partial charge in [-0.05, 0) is 25.8 Å². The number of aliphatic hydroxyl groups is 1. The number of nitrogens with zero attached hydrogens (tertiary/aromatic N) is 3. The van der Waals surface area contributed by atoms with E-state index in [4.69, 9.17) is 5.11 Å². The van der Waals surface area contributed by atoms with Crippen LogP contribution < -0.4 is 4.90 Å². The van der Waals surface area contributed by atoms with E-state index < -0.39 is 11.6 Å². The molecule has 0 amide bonds. The van der Waals surface area contributed by atoms with Crippen LogP contribution in [0, 0.1) is 6.92 Å². The summed E-state index contributed by atoms with van der Waals surface area (Å²) >= 11 is 0. The molecule has 0 bridgehead atoms. The zero-order valence-corrected chi connectivity index (χ0v) is 11.3. The smallest absolute Gasteiger partial charge is 0.354 e. The Hall–Kier alpha value is -1.69. The molecule has 1 saturated carbocycles. The number of hydrogen-bond donors (Lipinski definition) is 2. The van der Waals surface area contributed by atoms with E-state index in [0.717, 1.165) is 25.7 Å². The second-order valence-corrected chi connectivity index (χ2v) is 5.29. The highest BCUT2D eigenvalue weighted by molar-refractivity contribution is 5.85. The lowest BCUT2D eigenvalue weighted by molar-refractivity contribution is 0.0556. The van der Waals surface area contributed by atoms with Crippen LogP contribution in [0.15, 0.2) is 6.07 Å². The first-order chi connectivity index (χ1) is 8.89. The van der Waals surface area contributed by atoms with Crippen LogP contribution in [0.25, 0.3) is 0 Å². The Morgan fingerprint density at radius 3 is 2.63 bits per heavy atom. The van der Waals surface area contributed by atoms with Crippen molar-refractivity contribution in [2.45, 2.75) is 38.2 Å². The molecule has 0 aliphatic heterocycles. The summed E-state index contributed by atoms with van der Waals surface area (Å²) in [6.07, 6.45) is 3.60. The molecule has 1 aromatic heterocycles. The molecular formula is C13H19N3O3. The first-order valence-electron chi connectivity index (χ1n) is 6.42. The first kappa shape index (κ1) is 13.7. The predicted octanol–water partition coefficient (Wildman–Crippen LogP) is 1.22. The van der Waals surface area contributed by atoms with Gasteiger partial charge in [0.05, 0.1) is 5.60 Å². The van der Waals surface area contributed by atoms with E-state index in [2.05, 4.69) is 9.97 Å². The summed E-state index contributed by atoms with van der Waals surface area (Å²) in [6, 6.07) is 1.43. The lowest BCUT2D eigenvalue weighted by atomic mass is 10.0. The number of aromatic nitrogens is 2. The monoisotopic (exact) mass is 265 g/mol. The second-order valence-electron chi connectivity index (χ2n) is 5.29. The first-order valence-corrected chi connectivity index (χ1v) is 6.42. The quantitative estimate of drug-likeness (QED) is 0.851. The van der Waals surface area contributed by atoms with E-state index >= 15 is 0 Å². The summed E-state index contributed by atoms with van der Waals surface area (Å²) in [6.45, 7) is 2.16. The Labute approximate surface area is 112 Å². The maximum atomic E-state index is 11.0. The number of carboxylic acid groups (broad SMARTS) is 1. The van der Waals surface area contributed by atoms with E-state index in [-0.39, 0.29) is 5.69 Å². The second kappa shape index (κ2) is 5.13. The molecule has 1 aliphatic rings. The molecule has 0 aromatic carbocycles. The largest absolute Gasteiger partial charge is 0.477 e. The van der Waals surface area contributed by atoms with Crippen LogP contribution in [-0.2, 0) is 0 Å². The number of anilines is 1. The van der Waals surface area contributed by atoms with Gasteiger partial charge in [0.1, 0.15) is 0 Å². The molecular weight excluding hydrogens is 246 g/mol. The third-order valence-corrected chi connectivity index (χ3v) is 3.47. The van der Waals surface area contributed by atoms with Gasteiger partial charge in [-0.15, -0.1) is 0 Å². The van der Waals surface area contributed by atoms with Crippen molar-refractivity contribution in [3.05, 3.63) is 17.5 Å². The molecule has 19 heavy (non-hydrogen) atoms. The normalized spacial score (nSPS) is 17.4. The SMILES string of the molecule is Cc1cc(C(=O)O)nc(N(C)CC2(O)CCCC2)n1. The number of hydrogen-bond acceptors (Lipinski definition) is 5. The fourth-order valence-corrected chi connectivity index (χ4v) is 2.54. The van der Waals surface area contributed by atoms with Crippen LogP contribution in [0.3, 0.4) is 0 Å². The third-order valence-electron chi connectivity index (χ3n) is 3.47. The van der Waals surface area contributed by atoms with E-state index in [1.54, 1.807) is 18.9 Å². The third kappa shape index (κ3) is 3.20. The zero-order valence-electron chi connectivity index (χ0n) is 11.3. The lowest BCUT2D eigenvalue weighted by Crippen LogP contribution is -2.40. The van der Waals surface area contributed by atoms with Gasteiger partial charge in [-0.1, -0.05) is 12.8 Å². The van der Waals surface area contributed by atoms with Gasteiger partial charge in [0.25, 0.3) is 0 Å². The van der Waals surface area contributed by atoms with Crippen LogP contribution >= 0.6 is 0 Å². The average molecular weight is 265 g/mol. The number of rotatable bonds is 4. The molecule has 0 atom stereocenters. The van der Waals surface area contributed by atoms with Gasteiger partial charge < -0.3 is 15.1 Å². The molecule has 104 valence electrons. The minimum Gasteiger partial charge on any atom is -0.477 e. The standard InChI is InChI=1S/C13H19N3O3/c1-9-7-10(11(17)18)15-12(14-9)16(2)8-13(19)5-3-4-6-13/h7,19H,3-6,8H2,1-2H3,(H,17,18). The minimum absolute atomic E-state index is 0.0206. The average Bonchev–Trinajstić information content (AvgIpc) is 2.74. The summed E-state index contributed by atoms with van der Waals surface area (Å²) < 4.78 is 0. The van der Waals surface area contributed by atoms with Crippen LogP contribution in [0.4, 0.5) is 5.95 Å². The Morgan fingerprint density at radius 2 is 2.05 bits per heavy atom. The molecule has 1 fully saturated rings. The zero-order chi connectivity index (χ0) is 14.0. The highest BCUT2D eigenvalue weighted by Crippen LogP contribution is 2.30. The summed E-state index contributed by atoms with van der Waals surface area (Å²) in [5.74, 6) is -0.725. The van der Waals surface area contributed by atoms with Gasteiger partial charge in [-0.3, -0.25) is 0 Å². The van der Waals surface area contributed by atoms with Gasteiger partial charge in [0, 0.05) is 19.3 Å². The van der Waals surface area contributed by atoms with Gasteiger partial charge in [0.2, 0.25) is 5.95 Å². The maximum absolute atomic E-state index is 11.0. The van der Waals surface area contributed by atoms with Crippen molar-refractivity contribution in [3.63, 3.8) is 0 Å². The van der Waals surface area contributed by atoms with Crippen LogP contribution in [0.1, 0.15) is 41.9 Å². The van der Waals surface area contributed by atoms with E-state index in [0.29, 0.717) is 18.2 Å². The van der Waals surface area contributed by atoms with Crippen molar-refractivity contribution >= 4 is 11.9 Å². The molecule has 2 N–H and O–H groups in total. The summed E-state index contributed by atoms with van der Waals surface area (Å²) in [7, 11) is 1.77. The topological polar surface area (TPSA) is 86.5 Å². The molecule has 2 rings (SSSR count). The Balaban J connectivity index is 2.18. The molecule has 1 aromatic rings. The van der Waals surface area contributed by atoms with Crippen molar-refractivity contribution in [1.82, 2.24) is 9.97 Å².